The maximum absolute atomic E-state index is 14.1. The normalized spacial score (nSPS) is 23.1. The summed E-state index contributed by atoms with van der Waals surface area (Å²) in [5.41, 5.74) is -0.407. The number of carbonyl (C=O) groups is 1. The first-order valence-electron chi connectivity index (χ1n) is 12.9. The summed E-state index contributed by atoms with van der Waals surface area (Å²) in [5.74, 6) is -0.226. The van der Waals surface area contributed by atoms with E-state index in [-0.39, 0.29) is 46.8 Å². The van der Waals surface area contributed by atoms with Crippen LogP contribution in [0.3, 0.4) is 0 Å². The van der Waals surface area contributed by atoms with E-state index in [2.05, 4.69) is 37.8 Å². The number of nitrogens with zero attached hydrogens (tertiary/aromatic N) is 2. The fourth-order valence-corrected chi connectivity index (χ4v) is 7.10. The van der Waals surface area contributed by atoms with E-state index < -0.39 is 18.9 Å². The number of carbonyl (C=O) groups excluding carboxylic acids is 1. The van der Waals surface area contributed by atoms with Crippen LogP contribution in [0.2, 0.25) is 0 Å². The molecular formula is C26H32F3N6O2P. The molecule has 1 aliphatic carbocycles. The monoisotopic (exact) mass is 548 g/mol. The van der Waals surface area contributed by atoms with Crippen molar-refractivity contribution in [3.05, 3.63) is 35.7 Å². The van der Waals surface area contributed by atoms with Crippen LogP contribution in [0.25, 0.3) is 22.2 Å². The smallest absolute Gasteiger partial charge is 0.360 e. The van der Waals surface area contributed by atoms with E-state index in [1.54, 1.807) is 19.4 Å². The van der Waals surface area contributed by atoms with Crippen molar-refractivity contribution in [1.82, 2.24) is 25.6 Å². The molecule has 4 heterocycles. The molecule has 1 unspecified atom stereocenters. The van der Waals surface area contributed by atoms with Gasteiger partial charge in [-0.25, -0.2) is 9.97 Å². The highest BCUT2D eigenvalue weighted by atomic mass is 31.2. The second-order valence-electron chi connectivity index (χ2n) is 10.7. The minimum Gasteiger partial charge on any atom is -0.360 e. The number of amides is 1. The standard InChI is InChI=1S/C26H32F3N6O2P/c1-14-5-4-10-30-24(36)18-9-8-17-19(12-31-22(17)23(18)38(2,3)37)21-20(26(27,28)29)13-32-25(35-21)34-16-7-6-15(11-16)33-14/h8-9,12-16,31,33H,4-7,10-11H2,1-3H3,(H,30,36)(H,32,34,35)/t14?,15-,16-/m0/s1. The van der Waals surface area contributed by atoms with E-state index in [4.69, 9.17) is 0 Å². The number of aromatic nitrogens is 3. The Morgan fingerprint density at radius 1 is 1.08 bits per heavy atom. The Labute approximate surface area is 219 Å². The molecule has 1 saturated carbocycles. The number of aromatic amines is 1. The molecule has 3 aliphatic rings. The molecule has 0 radical (unpaired) electrons. The second-order valence-corrected chi connectivity index (χ2v) is 13.9. The molecule has 4 N–H and O–H groups in total. The summed E-state index contributed by atoms with van der Waals surface area (Å²) in [5, 5.41) is 10.5. The van der Waals surface area contributed by atoms with Gasteiger partial charge in [0.2, 0.25) is 5.95 Å². The molecule has 1 aromatic carbocycles. The first kappa shape index (κ1) is 26.7. The fraction of sp³-hybridized carbons (Fsp3) is 0.500. The van der Waals surface area contributed by atoms with Gasteiger partial charge >= 0.3 is 6.18 Å². The lowest BCUT2D eigenvalue weighted by Gasteiger charge is -2.20. The van der Waals surface area contributed by atoms with Crippen LogP contribution in [0, 0.1) is 0 Å². The Morgan fingerprint density at radius 3 is 2.58 bits per heavy atom. The van der Waals surface area contributed by atoms with Crippen LogP contribution in [0.5, 0.6) is 0 Å². The number of hydrogen-bond acceptors (Lipinski definition) is 6. The molecule has 3 aromatic rings. The predicted molar refractivity (Wildman–Crippen MR) is 143 cm³/mol. The molecule has 12 heteroatoms. The van der Waals surface area contributed by atoms with Crippen molar-refractivity contribution in [3.8, 4) is 11.3 Å². The molecule has 0 spiro atoms. The minimum atomic E-state index is -4.68. The Balaban J connectivity index is 1.68. The minimum absolute atomic E-state index is 0.0360. The Kier molecular flexibility index (Phi) is 7.02. The van der Waals surface area contributed by atoms with Crippen LogP contribution in [-0.4, -0.2) is 58.9 Å². The van der Waals surface area contributed by atoms with Gasteiger partial charge in [-0.1, -0.05) is 6.07 Å². The first-order valence-corrected chi connectivity index (χ1v) is 15.5. The summed E-state index contributed by atoms with van der Waals surface area (Å²) in [6.45, 7) is 5.66. The zero-order valence-corrected chi connectivity index (χ0v) is 22.5. The van der Waals surface area contributed by atoms with E-state index in [9.17, 15) is 22.5 Å². The van der Waals surface area contributed by atoms with Crippen LogP contribution in [0.1, 0.15) is 54.9 Å². The fourth-order valence-electron chi connectivity index (χ4n) is 5.62. The number of hydrogen-bond donors (Lipinski definition) is 4. The molecule has 0 saturated heterocycles. The van der Waals surface area contributed by atoms with Crippen molar-refractivity contribution in [1.29, 1.82) is 0 Å². The Morgan fingerprint density at radius 2 is 1.84 bits per heavy atom. The van der Waals surface area contributed by atoms with Crippen LogP contribution < -0.4 is 21.3 Å². The molecule has 38 heavy (non-hydrogen) atoms. The van der Waals surface area contributed by atoms with Gasteiger partial charge in [-0.2, -0.15) is 13.2 Å². The van der Waals surface area contributed by atoms with Crippen LogP contribution in [0.4, 0.5) is 19.1 Å². The van der Waals surface area contributed by atoms with Crippen molar-refractivity contribution in [3.63, 3.8) is 0 Å². The molecule has 204 valence electrons. The zero-order chi connectivity index (χ0) is 27.2. The maximum Gasteiger partial charge on any atom is 0.419 e. The lowest BCUT2D eigenvalue weighted by molar-refractivity contribution is -0.137. The highest BCUT2D eigenvalue weighted by molar-refractivity contribution is 7.70. The SMILES string of the molecule is CC1CCCNC(=O)c2ccc3c(c[nH]c3c2P(C)(C)=O)-c2nc(ncc2C(F)(F)F)N[C@H]2CC[C@@H](C2)N1. The number of benzene rings is 1. The molecule has 8 bridgehead atoms. The van der Waals surface area contributed by atoms with Gasteiger partial charge in [0.05, 0.1) is 16.8 Å². The molecule has 2 aliphatic heterocycles. The summed E-state index contributed by atoms with van der Waals surface area (Å²) in [7, 11) is -3.03. The lowest BCUT2D eigenvalue weighted by atomic mass is 10.0. The van der Waals surface area contributed by atoms with Gasteiger partial charge in [-0.15, -0.1) is 0 Å². The van der Waals surface area contributed by atoms with Gasteiger partial charge < -0.3 is 25.5 Å². The third kappa shape index (κ3) is 5.31. The molecule has 8 nitrogen and oxygen atoms in total. The van der Waals surface area contributed by atoms with Gasteiger partial charge in [-0.05, 0) is 58.4 Å². The molecule has 6 rings (SSSR count). The number of fused-ring (bicyclic) bond motifs is 7. The quantitative estimate of drug-likeness (QED) is 0.328. The summed E-state index contributed by atoms with van der Waals surface area (Å²) >= 11 is 0. The van der Waals surface area contributed by atoms with Gasteiger partial charge in [0.1, 0.15) is 12.7 Å². The molecule has 1 amide bonds. The topological polar surface area (TPSA) is 112 Å². The van der Waals surface area contributed by atoms with E-state index in [1.807, 2.05) is 0 Å². The summed E-state index contributed by atoms with van der Waals surface area (Å²) in [6.07, 6.45) is 1.80. The predicted octanol–water partition coefficient (Wildman–Crippen LogP) is 4.73. The van der Waals surface area contributed by atoms with E-state index >= 15 is 0 Å². The van der Waals surface area contributed by atoms with Crippen molar-refractivity contribution in [2.24, 2.45) is 0 Å². The van der Waals surface area contributed by atoms with E-state index in [0.29, 0.717) is 22.8 Å². The third-order valence-electron chi connectivity index (χ3n) is 7.35. The van der Waals surface area contributed by atoms with Crippen LogP contribution in [0.15, 0.2) is 24.5 Å². The summed E-state index contributed by atoms with van der Waals surface area (Å²) < 4.78 is 55.6. The second kappa shape index (κ2) is 10.0. The number of H-pyrrole nitrogens is 1. The highest BCUT2D eigenvalue weighted by Crippen LogP contribution is 2.43. The van der Waals surface area contributed by atoms with Crippen LogP contribution in [-0.2, 0) is 10.7 Å². The average Bonchev–Trinajstić information content (AvgIpc) is 3.45. The van der Waals surface area contributed by atoms with Crippen molar-refractivity contribution < 1.29 is 22.5 Å². The molecule has 3 atom stereocenters. The largest absolute Gasteiger partial charge is 0.419 e. The summed E-state index contributed by atoms with van der Waals surface area (Å²) in [4.78, 5) is 24.5. The van der Waals surface area contributed by atoms with Crippen LogP contribution >= 0.6 is 7.14 Å². The summed E-state index contributed by atoms with van der Waals surface area (Å²) in [6, 6.07) is 3.68. The first-order chi connectivity index (χ1) is 17.9. The number of nitrogens with one attached hydrogen (secondary N) is 4. The molecular weight excluding hydrogens is 516 g/mol. The highest BCUT2D eigenvalue weighted by Gasteiger charge is 2.37. The lowest BCUT2D eigenvalue weighted by Crippen LogP contribution is -2.36. The number of alkyl halides is 3. The Hall–Kier alpha value is -2.91. The average molecular weight is 549 g/mol. The van der Waals surface area contributed by atoms with Crippen molar-refractivity contribution >= 4 is 35.2 Å². The van der Waals surface area contributed by atoms with Crippen molar-refractivity contribution in [2.75, 3.05) is 25.2 Å². The van der Waals surface area contributed by atoms with Gasteiger partial charge in [-0.3, -0.25) is 4.79 Å². The van der Waals surface area contributed by atoms with Crippen molar-refractivity contribution in [2.45, 2.75) is 63.3 Å². The van der Waals surface area contributed by atoms with E-state index in [0.717, 1.165) is 38.3 Å². The van der Waals surface area contributed by atoms with Gasteiger partial charge in [0, 0.05) is 53.3 Å². The Bertz CT molecular complexity index is 1420. The zero-order valence-electron chi connectivity index (χ0n) is 21.6. The molecule has 1 fully saturated rings. The number of rotatable bonds is 1. The number of anilines is 1. The number of halogens is 3. The van der Waals surface area contributed by atoms with Gasteiger partial charge in [0.25, 0.3) is 5.91 Å². The van der Waals surface area contributed by atoms with Gasteiger partial charge in [0.15, 0.2) is 0 Å². The maximum atomic E-state index is 14.1. The molecule has 2 aromatic heterocycles. The van der Waals surface area contributed by atoms with E-state index in [1.165, 1.54) is 12.3 Å². The third-order valence-corrected chi connectivity index (χ3v) is 8.89.